The number of carbonyl (C=O) groups excluding carboxylic acids is 1. The fourth-order valence-corrected chi connectivity index (χ4v) is 6.93. The van der Waals surface area contributed by atoms with Crippen LogP contribution in [0.25, 0.3) is 0 Å². The van der Waals surface area contributed by atoms with Crippen LogP contribution >= 0.6 is 0 Å². The third kappa shape index (κ3) is 7.63. The van der Waals surface area contributed by atoms with Crippen LogP contribution < -0.4 is 33.2 Å². The first-order valence-corrected chi connectivity index (χ1v) is 18.8. The number of Topliss-reactive ketones (excluding diaryl/α,β-unsaturated/α-hetero) is 1. The van der Waals surface area contributed by atoms with E-state index >= 15 is 4.79 Å². The van der Waals surface area contributed by atoms with Crippen LogP contribution in [-0.2, 0) is 4.79 Å². The van der Waals surface area contributed by atoms with Gasteiger partial charge >= 0.3 is 11.6 Å². The summed E-state index contributed by atoms with van der Waals surface area (Å²) in [4.78, 5) is 15.8. The van der Waals surface area contributed by atoms with Gasteiger partial charge < -0.3 is 38.3 Å². The lowest BCUT2D eigenvalue weighted by molar-refractivity contribution is -0.406. The first-order valence-electron chi connectivity index (χ1n) is 18.8. The maximum Gasteiger partial charge on any atom is 0.371 e. The molecule has 1 aliphatic carbocycles. The molecule has 1 fully saturated rings. The monoisotopic (exact) mass is 772 g/mol. The second kappa shape index (κ2) is 16.9. The number of para-hydroxylation sites is 7. The number of carbonyl (C=O) groups is 1. The molecule has 0 heterocycles. The lowest BCUT2D eigenvalue weighted by atomic mass is 9.69. The Morgan fingerprint density at radius 1 is 0.379 bits per heavy atom. The summed E-state index contributed by atoms with van der Waals surface area (Å²) >= 11 is 0. The SMILES string of the molecule is O=C1C(Oc2ccccc2)[C@](COc2ccccc2)(Oc2ccccc2)C(Oc2ccccc2)(Oc2ccccc2)[C@@](O)(Oc2ccccc2)[C@@H]1Oc1ccccc1. The molecule has 0 saturated heterocycles. The summed E-state index contributed by atoms with van der Waals surface area (Å²) in [7, 11) is 0. The van der Waals surface area contributed by atoms with E-state index in [4.69, 9.17) is 33.2 Å². The molecule has 1 saturated carbocycles. The third-order valence-corrected chi connectivity index (χ3v) is 9.58. The standard InChI is InChI=1S/C49H40O9/c50-44-45(53-38-24-10-2-11-25-38)47(55-40-28-14-4-15-29-40,36-52-37-22-8-1-9-23-37)49(57-42-32-18-6-19-33-42,58-43-34-20-7-21-35-43)48(51,56-41-30-16-5-17-31-41)46(44)54-39-26-12-3-13-27-39/h1-35,45-46,51H,36H2/t45?,46-,47+,48+/m1/s1. The summed E-state index contributed by atoms with van der Waals surface area (Å²) in [6.45, 7) is -0.507. The minimum atomic E-state index is -2.92. The zero-order valence-electron chi connectivity index (χ0n) is 31.3. The summed E-state index contributed by atoms with van der Waals surface area (Å²) in [5.41, 5.74) is -2.30. The van der Waals surface area contributed by atoms with E-state index in [1.54, 1.807) is 164 Å². The van der Waals surface area contributed by atoms with Crippen molar-refractivity contribution in [2.24, 2.45) is 0 Å². The van der Waals surface area contributed by atoms with E-state index in [-0.39, 0.29) is 28.7 Å². The molecule has 58 heavy (non-hydrogen) atoms. The fourth-order valence-electron chi connectivity index (χ4n) is 6.93. The van der Waals surface area contributed by atoms with Crippen molar-refractivity contribution >= 4 is 5.78 Å². The molecule has 0 bridgehead atoms. The summed E-state index contributed by atoms with van der Waals surface area (Å²) in [6.07, 6.45) is -3.60. The Morgan fingerprint density at radius 3 is 1.09 bits per heavy atom. The van der Waals surface area contributed by atoms with Gasteiger partial charge in [0, 0.05) is 0 Å². The first kappa shape index (κ1) is 37.7. The van der Waals surface area contributed by atoms with Gasteiger partial charge in [-0.15, -0.1) is 0 Å². The lowest BCUT2D eigenvalue weighted by Gasteiger charge is -2.59. The maximum atomic E-state index is 15.8. The van der Waals surface area contributed by atoms with Gasteiger partial charge in [-0.2, -0.15) is 0 Å². The summed E-state index contributed by atoms with van der Waals surface area (Å²) < 4.78 is 48.4. The molecule has 0 amide bonds. The van der Waals surface area contributed by atoms with Crippen LogP contribution in [0.5, 0.6) is 40.2 Å². The molecule has 1 aliphatic rings. The highest BCUT2D eigenvalue weighted by Gasteiger charge is 2.86. The van der Waals surface area contributed by atoms with Crippen molar-refractivity contribution in [1.82, 2.24) is 0 Å². The average Bonchev–Trinajstić information content (AvgIpc) is 3.28. The van der Waals surface area contributed by atoms with Crippen molar-refractivity contribution in [3.8, 4) is 40.2 Å². The van der Waals surface area contributed by atoms with Gasteiger partial charge in [0.2, 0.25) is 18.0 Å². The largest absolute Gasteiger partial charge is 0.489 e. The van der Waals surface area contributed by atoms with E-state index in [1.165, 1.54) is 0 Å². The van der Waals surface area contributed by atoms with Crippen LogP contribution in [0.2, 0.25) is 0 Å². The first-order chi connectivity index (χ1) is 28.5. The normalized spacial score (nSPS) is 20.9. The Morgan fingerprint density at radius 2 is 0.690 bits per heavy atom. The molecular formula is C49H40O9. The number of hydrogen-bond donors (Lipinski definition) is 1. The molecule has 1 N–H and O–H groups in total. The molecule has 9 nitrogen and oxygen atoms in total. The molecule has 4 atom stereocenters. The average molecular weight is 773 g/mol. The Hall–Kier alpha value is -7.23. The van der Waals surface area contributed by atoms with Crippen molar-refractivity contribution < 1.29 is 43.1 Å². The van der Waals surface area contributed by atoms with Gasteiger partial charge in [0.05, 0.1) is 0 Å². The van der Waals surface area contributed by atoms with E-state index in [9.17, 15) is 5.11 Å². The zero-order chi connectivity index (χ0) is 39.7. The quantitative estimate of drug-likeness (QED) is 0.102. The number of benzene rings is 7. The van der Waals surface area contributed by atoms with E-state index in [2.05, 4.69) is 0 Å². The van der Waals surface area contributed by atoms with Crippen LogP contribution in [0.15, 0.2) is 212 Å². The highest BCUT2D eigenvalue weighted by molar-refractivity contribution is 5.92. The Bertz CT molecular complexity index is 2290. The van der Waals surface area contributed by atoms with Crippen LogP contribution in [0, 0.1) is 0 Å². The van der Waals surface area contributed by atoms with Gasteiger partial charge in [0.15, 0.2) is 0 Å². The van der Waals surface area contributed by atoms with E-state index in [1.807, 2.05) is 48.5 Å². The summed E-state index contributed by atoms with van der Waals surface area (Å²) in [5, 5.41) is 14.0. The summed E-state index contributed by atoms with van der Waals surface area (Å²) in [5.74, 6) is -4.47. The molecule has 0 spiro atoms. The van der Waals surface area contributed by atoms with Crippen LogP contribution in [0.3, 0.4) is 0 Å². The fraction of sp³-hybridized carbons (Fsp3) is 0.122. The molecule has 0 radical (unpaired) electrons. The van der Waals surface area contributed by atoms with Crippen molar-refractivity contribution in [2.75, 3.05) is 6.61 Å². The summed E-state index contributed by atoms with van der Waals surface area (Å²) in [6, 6.07) is 61.4. The second-order valence-electron chi connectivity index (χ2n) is 13.5. The van der Waals surface area contributed by atoms with Crippen molar-refractivity contribution in [3.63, 3.8) is 0 Å². The highest BCUT2D eigenvalue weighted by Crippen LogP contribution is 2.52. The molecule has 0 aromatic heterocycles. The van der Waals surface area contributed by atoms with Crippen LogP contribution in [-0.4, -0.2) is 46.9 Å². The van der Waals surface area contributed by atoms with Gasteiger partial charge in [0.25, 0.3) is 5.60 Å². The minimum absolute atomic E-state index is 0.164. The molecule has 7 aromatic rings. The van der Waals surface area contributed by atoms with Gasteiger partial charge in [-0.25, -0.2) is 0 Å². The molecule has 9 heteroatoms. The van der Waals surface area contributed by atoms with Gasteiger partial charge in [-0.3, -0.25) is 4.79 Å². The molecule has 8 rings (SSSR count). The van der Waals surface area contributed by atoms with Crippen LogP contribution in [0.4, 0.5) is 0 Å². The zero-order valence-corrected chi connectivity index (χ0v) is 31.3. The topological polar surface area (TPSA) is 102 Å². The molecular weight excluding hydrogens is 733 g/mol. The maximum absolute atomic E-state index is 15.8. The molecule has 7 aromatic carbocycles. The van der Waals surface area contributed by atoms with Crippen LogP contribution in [0.1, 0.15) is 0 Å². The number of aliphatic hydroxyl groups is 1. The Balaban J connectivity index is 1.49. The molecule has 290 valence electrons. The van der Waals surface area contributed by atoms with Crippen molar-refractivity contribution in [1.29, 1.82) is 0 Å². The van der Waals surface area contributed by atoms with E-state index in [0.29, 0.717) is 11.5 Å². The minimum Gasteiger partial charge on any atom is -0.489 e. The predicted octanol–water partition coefficient (Wildman–Crippen LogP) is 8.98. The smallest absolute Gasteiger partial charge is 0.371 e. The van der Waals surface area contributed by atoms with Crippen molar-refractivity contribution in [2.45, 2.75) is 29.4 Å². The van der Waals surface area contributed by atoms with Gasteiger partial charge in [-0.05, 0) is 84.9 Å². The Kier molecular flexibility index (Phi) is 11.0. The van der Waals surface area contributed by atoms with Crippen molar-refractivity contribution in [3.05, 3.63) is 212 Å². The highest BCUT2D eigenvalue weighted by atomic mass is 16.8. The molecule has 0 aliphatic heterocycles. The number of rotatable bonds is 15. The van der Waals surface area contributed by atoms with Gasteiger partial charge in [0.1, 0.15) is 46.9 Å². The second-order valence-corrected chi connectivity index (χ2v) is 13.5. The van der Waals surface area contributed by atoms with E-state index in [0.717, 1.165) is 0 Å². The number of hydrogen-bond acceptors (Lipinski definition) is 9. The Labute approximate surface area is 336 Å². The molecule has 1 unspecified atom stereocenters. The number of ketones is 1. The lowest BCUT2D eigenvalue weighted by Crippen LogP contribution is -2.91. The number of ether oxygens (including phenoxy) is 7. The third-order valence-electron chi connectivity index (χ3n) is 9.58. The van der Waals surface area contributed by atoms with Gasteiger partial charge in [-0.1, -0.05) is 127 Å². The predicted molar refractivity (Wildman–Crippen MR) is 217 cm³/mol. The van der Waals surface area contributed by atoms with E-state index < -0.39 is 41.8 Å².